The van der Waals surface area contributed by atoms with Crippen LogP contribution >= 0.6 is 0 Å². The number of nitrogens with zero attached hydrogens (tertiary/aromatic N) is 3. The van der Waals surface area contributed by atoms with E-state index in [2.05, 4.69) is 39.3 Å². The monoisotopic (exact) mass is 381 g/mol. The maximum atomic E-state index is 12.7. The number of hydrogen-bond acceptors (Lipinski definition) is 5. The number of hydrogen-bond donors (Lipinski definition) is 2. The molecule has 0 atom stereocenters. The first-order chi connectivity index (χ1) is 13.6. The van der Waals surface area contributed by atoms with Crippen molar-refractivity contribution in [1.82, 2.24) is 9.97 Å². The molecule has 0 spiro atoms. The standard InChI is InChI=1S/C22H31N5O/c1-4-27(5-2)19-13-11-18(12-14-19)26-22(28)20-15-21(24-16(3)23-20)25-17-9-7-6-8-10-17/h11-15,17H,4-10H2,1-3H3,(H,26,28)(H,23,24,25). The summed E-state index contributed by atoms with van der Waals surface area (Å²) in [6, 6.07) is 10.1. The molecule has 6 heteroatoms. The number of carbonyl (C=O) groups excluding carboxylic acids is 1. The van der Waals surface area contributed by atoms with E-state index in [9.17, 15) is 4.79 Å². The highest BCUT2D eigenvalue weighted by atomic mass is 16.1. The molecule has 0 aliphatic heterocycles. The molecule has 1 aliphatic carbocycles. The first-order valence-electron chi connectivity index (χ1n) is 10.4. The minimum atomic E-state index is -0.215. The number of aryl methyl sites for hydroxylation is 1. The summed E-state index contributed by atoms with van der Waals surface area (Å²) in [6.07, 6.45) is 6.12. The van der Waals surface area contributed by atoms with Crippen LogP contribution in [0.15, 0.2) is 30.3 Å². The van der Waals surface area contributed by atoms with Crippen molar-refractivity contribution in [2.45, 2.75) is 58.9 Å². The number of benzene rings is 1. The van der Waals surface area contributed by atoms with E-state index in [1.54, 1.807) is 6.07 Å². The van der Waals surface area contributed by atoms with Crippen LogP contribution in [0.3, 0.4) is 0 Å². The summed E-state index contributed by atoms with van der Waals surface area (Å²) >= 11 is 0. The molecule has 6 nitrogen and oxygen atoms in total. The third-order valence-corrected chi connectivity index (χ3v) is 5.28. The predicted molar refractivity (Wildman–Crippen MR) is 115 cm³/mol. The van der Waals surface area contributed by atoms with E-state index in [0.717, 1.165) is 43.1 Å². The molecule has 28 heavy (non-hydrogen) atoms. The second-order valence-corrected chi connectivity index (χ2v) is 7.34. The second kappa shape index (κ2) is 9.53. The van der Waals surface area contributed by atoms with Crippen LogP contribution in [0.4, 0.5) is 17.2 Å². The van der Waals surface area contributed by atoms with Gasteiger partial charge in [0.1, 0.15) is 17.3 Å². The molecule has 1 heterocycles. The molecule has 3 rings (SSSR count). The van der Waals surface area contributed by atoms with Gasteiger partial charge in [0.25, 0.3) is 5.91 Å². The van der Waals surface area contributed by atoms with Gasteiger partial charge < -0.3 is 15.5 Å². The van der Waals surface area contributed by atoms with E-state index in [4.69, 9.17) is 0 Å². The molecule has 2 N–H and O–H groups in total. The smallest absolute Gasteiger partial charge is 0.274 e. The van der Waals surface area contributed by atoms with Gasteiger partial charge in [0.2, 0.25) is 0 Å². The molecule has 0 unspecified atom stereocenters. The van der Waals surface area contributed by atoms with E-state index in [1.807, 2.05) is 31.2 Å². The first-order valence-corrected chi connectivity index (χ1v) is 10.4. The Morgan fingerprint density at radius 1 is 1.07 bits per heavy atom. The van der Waals surface area contributed by atoms with Crippen molar-refractivity contribution in [3.05, 3.63) is 41.9 Å². The van der Waals surface area contributed by atoms with Crippen molar-refractivity contribution in [2.24, 2.45) is 0 Å². The summed E-state index contributed by atoms with van der Waals surface area (Å²) in [5, 5.41) is 6.42. The van der Waals surface area contributed by atoms with Gasteiger partial charge in [0.15, 0.2) is 0 Å². The topological polar surface area (TPSA) is 70.2 Å². The molecule has 2 aromatic rings. The van der Waals surface area contributed by atoms with Crippen LogP contribution in [0.25, 0.3) is 0 Å². The van der Waals surface area contributed by atoms with Crippen LogP contribution in [0.5, 0.6) is 0 Å². The fourth-order valence-electron chi connectivity index (χ4n) is 3.75. The Bertz CT molecular complexity index is 780. The Balaban J connectivity index is 1.68. The molecule has 1 amide bonds. The van der Waals surface area contributed by atoms with Crippen LogP contribution in [0.1, 0.15) is 62.3 Å². The normalized spacial score (nSPS) is 14.5. The number of carbonyl (C=O) groups is 1. The minimum absolute atomic E-state index is 0.215. The van der Waals surface area contributed by atoms with Crippen molar-refractivity contribution in [1.29, 1.82) is 0 Å². The lowest BCUT2D eigenvalue weighted by Gasteiger charge is -2.23. The summed E-state index contributed by atoms with van der Waals surface area (Å²) in [7, 11) is 0. The summed E-state index contributed by atoms with van der Waals surface area (Å²) in [5.74, 6) is 1.12. The lowest BCUT2D eigenvalue weighted by atomic mass is 9.95. The Kier molecular flexibility index (Phi) is 6.85. The zero-order valence-electron chi connectivity index (χ0n) is 17.2. The molecule has 0 bridgehead atoms. The summed E-state index contributed by atoms with van der Waals surface area (Å²) in [5.41, 5.74) is 2.30. The Morgan fingerprint density at radius 2 is 1.75 bits per heavy atom. The van der Waals surface area contributed by atoms with Crippen LogP contribution in [-0.4, -0.2) is 35.0 Å². The molecule has 0 saturated heterocycles. The third-order valence-electron chi connectivity index (χ3n) is 5.28. The Morgan fingerprint density at radius 3 is 2.39 bits per heavy atom. The molecule has 0 radical (unpaired) electrons. The number of anilines is 3. The quantitative estimate of drug-likeness (QED) is 0.732. The lowest BCUT2D eigenvalue weighted by molar-refractivity contribution is 0.102. The average Bonchev–Trinajstić information content (AvgIpc) is 2.70. The van der Waals surface area contributed by atoms with Gasteiger partial charge in [0.05, 0.1) is 0 Å². The minimum Gasteiger partial charge on any atom is -0.372 e. The predicted octanol–water partition coefficient (Wildman–Crippen LogP) is 4.63. The molecule has 1 aromatic carbocycles. The summed E-state index contributed by atoms with van der Waals surface area (Å²) in [4.78, 5) is 23.8. The zero-order chi connectivity index (χ0) is 19.9. The van der Waals surface area contributed by atoms with Crippen LogP contribution in [0, 0.1) is 6.92 Å². The van der Waals surface area contributed by atoms with Crippen molar-refractivity contribution < 1.29 is 4.79 Å². The number of rotatable bonds is 7. The van der Waals surface area contributed by atoms with Gasteiger partial charge in [-0.05, 0) is 57.9 Å². The molecule has 1 aromatic heterocycles. The van der Waals surface area contributed by atoms with Crippen molar-refractivity contribution in [2.75, 3.05) is 28.6 Å². The summed E-state index contributed by atoms with van der Waals surface area (Å²) < 4.78 is 0. The largest absolute Gasteiger partial charge is 0.372 e. The highest BCUT2D eigenvalue weighted by Crippen LogP contribution is 2.22. The fourth-order valence-corrected chi connectivity index (χ4v) is 3.75. The van der Waals surface area contributed by atoms with Crippen LogP contribution in [-0.2, 0) is 0 Å². The zero-order valence-corrected chi connectivity index (χ0v) is 17.2. The second-order valence-electron chi connectivity index (χ2n) is 7.34. The molecule has 1 saturated carbocycles. The van der Waals surface area contributed by atoms with Crippen molar-refractivity contribution >= 4 is 23.1 Å². The van der Waals surface area contributed by atoms with E-state index in [0.29, 0.717) is 17.6 Å². The van der Waals surface area contributed by atoms with Gasteiger partial charge in [-0.2, -0.15) is 0 Å². The molecular weight excluding hydrogens is 350 g/mol. The van der Waals surface area contributed by atoms with Crippen LogP contribution in [0.2, 0.25) is 0 Å². The van der Waals surface area contributed by atoms with Crippen LogP contribution < -0.4 is 15.5 Å². The average molecular weight is 382 g/mol. The van der Waals surface area contributed by atoms with Gasteiger partial charge in [-0.3, -0.25) is 4.79 Å². The van der Waals surface area contributed by atoms with Crippen molar-refractivity contribution in [3.63, 3.8) is 0 Å². The summed E-state index contributed by atoms with van der Waals surface area (Å²) in [6.45, 7) is 8.01. The highest BCUT2D eigenvalue weighted by Gasteiger charge is 2.16. The van der Waals surface area contributed by atoms with Gasteiger partial charge in [-0.25, -0.2) is 9.97 Å². The molecule has 1 aliphatic rings. The van der Waals surface area contributed by atoms with E-state index in [1.165, 1.54) is 19.3 Å². The number of amides is 1. The van der Waals surface area contributed by atoms with E-state index < -0.39 is 0 Å². The van der Waals surface area contributed by atoms with Gasteiger partial charge in [-0.1, -0.05) is 19.3 Å². The van der Waals surface area contributed by atoms with Gasteiger partial charge in [0, 0.05) is 36.6 Å². The van der Waals surface area contributed by atoms with Crippen molar-refractivity contribution in [3.8, 4) is 0 Å². The molecule has 150 valence electrons. The highest BCUT2D eigenvalue weighted by molar-refractivity contribution is 6.03. The fraction of sp³-hybridized carbons (Fsp3) is 0.500. The molecule has 1 fully saturated rings. The number of aromatic nitrogens is 2. The lowest BCUT2D eigenvalue weighted by Crippen LogP contribution is -2.24. The van der Waals surface area contributed by atoms with E-state index in [-0.39, 0.29) is 5.91 Å². The maximum absolute atomic E-state index is 12.7. The Labute approximate surface area is 167 Å². The maximum Gasteiger partial charge on any atom is 0.274 e. The SMILES string of the molecule is CCN(CC)c1ccc(NC(=O)c2cc(NC3CCCCC3)nc(C)n2)cc1. The van der Waals surface area contributed by atoms with Gasteiger partial charge >= 0.3 is 0 Å². The first kappa shape index (κ1) is 20.1. The molecular formula is C22H31N5O. The van der Waals surface area contributed by atoms with Gasteiger partial charge in [-0.15, -0.1) is 0 Å². The van der Waals surface area contributed by atoms with E-state index >= 15 is 0 Å². The third kappa shape index (κ3) is 5.21. The Hall–Kier alpha value is -2.63. The number of nitrogens with one attached hydrogen (secondary N) is 2.